The Bertz CT molecular complexity index is 644. The second-order valence-electron chi connectivity index (χ2n) is 5.84. The first kappa shape index (κ1) is 15.6. The lowest BCUT2D eigenvalue weighted by molar-refractivity contribution is 0.250. The average Bonchev–Trinajstić information content (AvgIpc) is 2.63. The first-order chi connectivity index (χ1) is 11.3. The van der Waals surface area contributed by atoms with E-state index in [1.807, 2.05) is 31.5 Å². The lowest BCUT2D eigenvalue weighted by atomic mass is 10.1. The van der Waals surface area contributed by atoms with Crippen LogP contribution in [0.25, 0.3) is 5.76 Å². The van der Waals surface area contributed by atoms with Gasteiger partial charge in [0.1, 0.15) is 5.76 Å². The number of aliphatic hydroxyl groups is 1. The number of nitrogens with zero attached hydrogens (tertiary/aromatic N) is 3. The minimum absolute atomic E-state index is 0.332. The Morgan fingerprint density at radius 3 is 2.30 bits per heavy atom. The average molecular weight is 309 g/mol. The normalized spacial score (nSPS) is 16.6. The quantitative estimate of drug-likeness (QED) is 0.880. The van der Waals surface area contributed by atoms with Crippen molar-refractivity contribution in [2.24, 2.45) is 0 Å². The zero-order chi connectivity index (χ0) is 16.1. The first-order valence-corrected chi connectivity index (χ1v) is 8.08. The molecule has 1 fully saturated rings. The third kappa shape index (κ3) is 3.90. The number of allylic oxidation sites excluding steroid dienone is 1. The van der Waals surface area contributed by atoms with Gasteiger partial charge in [-0.05, 0) is 55.0 Å². The molecule has 0 spiro atoms. The molecule has 1 saturated heterocycles. The number of aliphatic hydroxyl groups excluding tert-OH is 1. The number of hydrogen-bond donors (Lipinski definition) is 1. The van der Waals surface area contributed by atoms with E-state index in [1.54, 1.807) is 6.08 Å². The van der Waals surface area contributed by atoms with Crippen molar-refractivity contribution in [3.05, 3.63) is 66.0 Å². The highest BCUT2D eigenvalue weighted by atomic mass is 16.3. The molecule has 1 aliphatic rings. The van der Waals surface area contributed by atoms with Crippen LogP contribution >= 0.6 is 0 Å². The Kier molecular flexibility index (Phi) is 4.93. The van der Waals surface area contributed by atoms with Gasteiger partial charge < -0.3 is 10.0 Å². The lowest BCUT2D eigenvalue weighted by Crippen LogP contribution is -2.45. The summed E-state index contributed by atoms with van der Waals surface area (Å²) in [6, 6.07) is 12.3. The molecule has 2 aromatic rings. The van der Waals surface area contributed by atoms with E-state index in [-0.39, 0.29) is 0 Å². The minimum Gasteiger partial charge on any atom is -0.508 e. The number of hydrogen-bond acceptors (Lipinski definition) is 4. The molecule has 1 aliphatic heterocycles. The van der Waals surface area contributed by atoms with Crippen LogP contribution in [0.4, 0.5) is 5.69 Å². The molecule has 1 aromatic heterocycles. The molecule has 0 aliphatic carbocycles. The predicted molar refractivity (Wildman–Crippen MR) is 94.4 cm³/mol. The molecule has 1 aromatic carbocycles. The Labute approximate surface area is 137 Å². The molecular weight excluding hydrogens is 286 g/mol. The van der Waals surface area contributed by atoms with Gasteiger partial charge in [0.15, 0.2) is 0 Å². The highest BCUT2D eigenvalue weighted by Crippen LogP contribution is 2.20. The maximum Gasteiger partial charge on any atom is 0.118 e. The summed E-state index contributed by atoms with van der Waals surface area (Å²) in [5.41, 5.74) is 3.41. The summed E-state index contributed by atoms with van der Waals surface area (Å²) in [7, 11) is 0. The van der Waals surface area contributed by atoms with E-state index >= 15 is 0 Å². The number of anilines is 1. The number of piperazine rings is 1. The van der Waals surface area contributed by atoms with Crippen molar-refractivity contribution in [3.63, 3.8) is 0 Å². The Morgan fingerprint density at radius 2 is 1.70 bits per heavy atom. The van der Waals surface area contributed by atoms with Gasteiger partial charge in [-0.2, -0.15) is 0 Å². The Hall–Kier alpha value is -2.33. The van der Waals surface area contributed by atoms with Gasteiger partial charge >= 0.3 is 0 Å². The van der Waals surface area contributed by atoms with E-state index in [4.69, 9.17) is 0 Å². The summed E-state index contributed by atoms with van der Waals surface area (Å²) >= 11 is 0. The van der Waals surface area contributed by atoms with E-state index in [0.29, 0.717) is 5.76 Å². The van der Waals surface area contributed by atoms with Gasteiger partial charge in [-0.3, -0.25) is 9.88 Å². The molecule has 0 radical (unpaired) electrons. The minimum atomic E-state index is 0.332. The van der Waals surface area contributed by atoms with Crippen LogP contribution in [0.3, 0.4) is 0 Å². The van der Waals surface area contributed by atoms with Crippen molar-refractivity contribution in [2.75, 3.05) is 31.1 Å². The van der Waals surface area contributed by atoms with Gasteiger partial charge in [-0.15, -0.1) is 0 Å². The summed E-state index contributed by atoms with van der Waals surface area (Å²) in [5, 5.41) is 9.74. The highest BCUT2D eigenvalue weighted by molar-refractivity contribution is 5.61. The second kappa shape index (κ2) is 7.29. The number of aromatic nitrogens is 1. The van der Waals surface area contributed by atoms with Crippen LogP contribution in [-0.2, 0) is 6.54 Å². The van der Waals surface area contributed by atoms with E-state index in [9.17, 15) is 5.11 Å². The fourth-order valence-corrected chi connectivity index (χ4v) is 2.92. The summed E-state index contributed by atoms with van der Waals surface area (Å²) in [6.45, 7) is 7.00. The summed E-state index contributed by atoms with van der Waals surface area (Å²) in [6.07, 6.45) is 5.42. The van der Waals surface area contributed by atoms with E-state index in [2.05, 4.69) is 39.0 Å². The molecule has 120 valence electrons. The third-order valence-electron chi connectivity index (χ3n) is 4.33. The van der Waals surface area contributed by atoms with Crippen molar-refractivity contribution < 1.29 is 5.11 Å². The van der Waals surface area contributed by atoms with E-state index in [0.717, 1.165) is 38.3 Å². The topological polar surface area (TPSA) is 39.6 Å². The maximum atomic E-state index is 9.74. The van der Waals surface area contributed by atoms with Crippen LogP contribution < -0.4 is 4.90 Å². The van der Waals surface area contributed by atoms with Crippen molar-refractivity contribution in [1.82, 2.24) is 9.88 Å². The molecule has 23 heavy (non-hydrogen) atoms. The number of pyridine rings is 1. The molecule has 4 nitrogen and oxygen atoms in total. The maximum absolute atomic E-state index is 9.74. The monoisotopic (exact) mass is 309 g/mol. The van der Waals surface area contributed by atoms with Gasteiger partial charge in [0.25, 0.3) is 0 Å². The Morgan fingerprint density at radius 1 is 1.04 bits per heavy atom. The fourth-order valence-electron chi connectivity index (χ4n) is 2.92. The van der Waals surface area contributed by atoms with Crippen molar-refractivity contribution in [3.8, 4) is 0 Å². The van der Waals surface area contributed by atoms with E-state index in [1.165, 1.54) is 11.3 Å². The molecule has 0 bridgehead atoms. The predicted octanol–water partition coefficient (Wildman–Crippen LogP) is 3.32. The van der Waals surface area contributed by atoms with Crippen LogP contribution in [0.5, 0.6) is 0 Å². The molecule has 4 heteroatoms. The van der Waals surface area contributed by atoms with Crippen molar-refractivity contribution >= 4 is 11.4 Å². The van der Waals surface area contributed by atoms with Crippen LogP contribution in [0, 0.1) is 0 Å². The molecule has 3 rings (SSSR count). The summed E-state index contributed by atoms with van der Waals surface area (Å²) in [4.78, 5) is 8.95. The molecule has 1 N–H and O–H groups in total. The van der Waals surface area contributed by atoms with Gasteiger partial charge in [0.05, 0.1) is 0 Å². The van der Waals surface area contributed by atoms with Gasteiger partial charge in [-0.1, -0.05) is 0 Å². The van der Waals surface area contributed by atoms with Gasteiger partial charge in [0.2, 0.25) is 0 Å². The van der Waals surface area contributed by atoms with E-state index < -0.39 is 0 Å². The number of benzene rings is 1. The largest absolute Gasteiger partial charge is 0.508 e. The Balaban J connectivity index is 1.56. The van der Waals surface area contributed by atoms with Gasteiger partial charge in [-0.25, -0.2) is 0 Å². The first-order valence-electron chi connectivity index (χ1n) is 8.08. The third-order valence-corrected chi connectivity index (χ3v) is 4.33. The highest BCUT2D eigenvalue weighted by Gasteiger charge is 2.17. The SMILES string of the molecule is C/C=C(\O)c1ccc(N2CCN(Cc3ccncc3)CC2)cc1. The molecule has 0 saturated carbocycles. The van der Waals surface area contributed by atoms with Crippen molar-refractivity contribution in [1.29, 1.82) is 0 Å². The lowest BCUT2D eigenvalue weighted by Gasteiger charge is -2.36. The zero-order valence-corrected chi connectivity index (χ0v) is 13.5. The molecule has 0 amide bonds. The summed E-state index contributed by atoms with van der Waals surface area (Å²) in [5.74, 6) is 0.332. The standard InChI is InChI=1S/C19H23N3O/c1-2-19(23)17-3-5-18(6-4-17)22-13-11-21(12-14-22)15-16-7-9-20-10-8-16/h2-10,23H,11-15H2,1H3/b19-2-. The summed E-state index contributed by atoms with van der Waals surface area (Å²) < 4.78 is 0. The molecule has 0 atom stereocenters. The zero-order valence-electron chi connectivity index (χ0n) is 13.5. The van der Waals surface area contributed by atoms with Crippen LogP contribution in [0.15, 0.2) is 54.9 Å². The number of rotatable bonds is 4. The van der Waals surface area contributed by atoms with Crippen LogP contribution in [-0.4, -0.2) is 41.2 Å². The smallest absolute Gasteiger partial charge is 0.118 e. The molecule has 0 unspecified atom stereocenters. The molecular formula is C19H23N3O. The van der Waals surface area contributed by atoms with Crippen LogP contribution in [0.2, 0.25) is 0 Å². The second-order valence-corrected chi connectivity index (χ2v) is 5.84. The fraction of sp³-hybridized carbons (Fsp3) is 0.316. The molecule has 2 heterocycles. The van der Waals surface area contributed by atoms with Crippen molar-refractivity contribution in [2.45, 2.75) is 13.5 Å². The van der Waals surface area contributed by atoms with Gasteiger partial charge in [0, 0.05) is 56.4 Å². The van der Waals surface area contributed by atoms with Crippen LogP contribution in [0.1, 0.15) is 18.1 Å².